The van der Waals surface area contributed by atoms with E-state index in [9.17, 15) is 26.4 Å². The third kappa shape index (κ3) is 4.08. The monoisotopic (exact) mass is 220 g/mol. The molecule has 0 aromatic rings. The van der Waals surface area contributed by atoms with Crippen molar-refractivity contribution in [3.63, 3.8) is 0 Å². The van der Waals surface area contributed by atoms with E-state index in [0.717, 1.165) is 11.6 Å². The van der Waals surface area contributed by atoms with Crippen LogP contribution < -0.4 is 10.0 Å². The predicted octanol–water partition coefficient (Wildman–Crippen LogP) is -0.481. The molecule has 78 valence electrons. The molecule has 5 nitrogen and oxygen atoms in total. The zero-order chi connectivity index (χ0) is 10.7. The van der Waals surface area contributed by atoms with Crippen LogP contribution in [0.4, 0.5) is 13.2 Å². The minimum atomic E-state index is -5.36. The summed E-state index contributed by atoms with van der Waals surface area (Å²) in [5.74, 6) is -0.634. The van der Waals surface area contributed by atoms with E-state index >= 15 is 0 Å². The summed E-state index contributed by atoms with van der Waals surface area (Å²) in [7, 11) is -5.36. The summed E-state index contributed by atoms with van der Waals surface area (Å²) in [6.45, 7) is 0.263. The largest absolute Gasteiger partial charge is 0.511 e. The molecule has 0 aromatic heterocycles. The van der Waals surface area contributed by atoms with Crippen LogP contribution in [0.1, 0.15) is 6.92 Å². The molecular weight excluding hydrogens is 213 g/mol. The van der Waals surface area contributed by atoms with E-state index in [0.29, 0.717) is 0 Å². The Hall–Kier alpha value is -0.830. The molecule has 0 aliphatic heterocycles. The van der Waals surface area contributed by atoms with Crippen molar-refractivity contribution < 1.29 is 26.4 Å². The number of carbonyl (C=O) groups excluding carboxylic acids is 1. The molecule has 2 N–H and O–H groups in total. The summed E-state index contributed by atoms with van der Waals surface area (Å²) in [6.07, 6.45) is 0. The summed E-state index contributed by atoms with van der Waals surface area (Å²) in [4.78, 5) is 10.2. The maximum atomic E-state index is 11.6. The Bertz CT molecular complexity index is 283. The third-order valence-corrected chi connectivity index (χ3v) is 2.04. The van der Waals surface area contributed by atoms with Gasteiger partial charge in [-0.15, -0.1) is 0 Å². The number of carbonyl (C=O) groups is 1. The molecule has 0 radical (unpaired) electrons. The zero-order valence-corrected chi connectivity index (χ0v) is 7.29. The average molecular weight is 220 g/mol. The zero-order valence-electron chi connectivity index (χ0n) is 6.47. The normalized spacial score (nSPS) is 12.6. The smallest absolute Gasteiger partial charge is 0.343 e. The van der Waals surface area contributed by atoms with E-state index in [1.807, 2.05) is 5.32 Å². The Morgan fingerprint density at radius 1 is 1.38 bits per heavy atom. The molecule has 13 heavy (non-hydrogen) atoms. The molecule has 0 aliphatic rings. The Labute approximate surface area is 72.4 Å². The number of halogens is 3. The van der Waals surface area contributed by atoms with E-state index in [4.69, 9.17) is 0 Å². The molecule has 9 heteroatoms. The standard InChI is InChI=1S/C4H7F3N2O3S/c1-3(10)8-2-9-13(11,12)4(5,6)7/h9H,2H2,1H3,(H,8,10). The predicted molar refractivity (Wildman–Crippen MR) is 36.8 cm³/mol. The van der Waals surface area contributed by atoms with Crippen LogP contribution in [-0.4, -0.2) is 26.5 Å². The molecule has 0 saturated heterocycles. The van der Waals surface area contributed by atoms with Crippen molar-refractivity contribution in [1.29, 1.82) is 0 Å². The Morgan fingerprint density at radius 3 is 2.15 bits per heavy atom. The number of alkyl halides is 3. The molecule has 0 unspecified atom stereocenters. The summed E-state index contributed by atoms with van der Waals surface area (Å²) in [5.41, 5.74) is -5.36. The second-order valence-corrected chi connectivity index (χ2v) is 3.76. The first-order valence-corrected chi connectivity index (χ1v) is 4.45. The summed E-state index contributed by atoms with van der Waals surface area (Å²) >= 11 is 0. The first-order chi connectivity index (χ1) is 5.67. The maximum Gasteiger partial charge on any atom is 0.511 e. The maximum absolute atomic E-state index is 11.6. The summed E-state index contributed by atoms with van der Waals surface area (Å²) in [6, 6.07) is 0. The van der Waals surface area contributed by atoms with Gasteiger partial charge in [-0.1, -0.05) is 0 Å². The van der Waals surface area contributed by atoms with Gasteiger partial charge in [-0.2, -0.15) is 17.9 Å². The summed E-state index contributed by atoms with van der Waals surface area (Å²) in [5, 5.41) is 1.84. The lowest BCUT2D eigenvalue weighted by Crippen LogP contribution is -2.42. The Morgan fingerprint density at radius 2 is 1.85 bits per heavy atom. The number of amides is 1. The molecule has 0 rings (SSSR count). The van der Waals surface area contributed by atoms with Crippen LogP contribution in [0.2, 0.25) is 0 Å². The molecule has 0 aromatic carbocycles. The van der Waals surface area contributed by atoms with E-state index in [2.05, 4.69) is 0 Å². The lowest BCUT2D eigenvalue weighted by molar-refractivity contribution is -0.119. The Balaban J connectivity index is 4.15. The second kappa shape index (κ2) is 3.92. The van der Waals surface area contributed by atoms with Gasteiger partial charge in [0.15, 0.2) is 0 Å². The van der Waals surface area contributed by atoms with Gasteiger partial charge in [0.05, 0.1) is 6.67 Å². The van der Waals surface area contributed by atoms with Crippen molar-refractivity contribution >= 4 is 15.9 Å². The van der Waals surface area contributed by atoms with Gasteiger partial charge in [0.2, 0.25) is 5.91 Å². The molecule has 0 heterocycles. The molecule has 0 saturated carbocycles. The van der Waals surface area contributed by atoms with Crippen molar-refractivity contribution in [3.8, 4) is 0 Å². The SMILES string of the molecule is CC(=O)NCNS(=O)(=O)C(F)(F)F. The van der Waals surface area contributed by atoms with Crippen LogP contribution in [0, 0.1) is 0 Å². The van der Waals surface area contributed by atoms with Crippen LogP contribution in [-0.2, 0) is 14.8 Å². The molecule has 0 atom stereocenters. The van der Waals surface area contributed by atoms with Crippen molar-refractivity contribution in [1.82, 2.24) is 10.0 Å². The third-order valence-electron chi connectivity index (χ3n) is 0.904. The highest BCUT2D eigenvalue weighted by Crippen LogP contribution is 2.20. The van der Waals surface area contributed by atoms with Crippen LogP contribution in [0.5, 0.6) is 0 Å². The number of rotatable bonds is 3. The van der Waals surface area contributed by atoms with E-state index < -0.39 is 28.1 Å². The van der Waals surface area contributed by atoms with Crippen molar-refractivity contribution in [2.24, 2.45) is 0 Å². The second-order valence-electron chi connectivity index (χ2n) is 2.00. The number of nitrogens with one attached hydrogen (secondary N) is 2. The van der Waals surface area contributed by atoms with Crippen molar-refractivity contribution in [2.75, 3.05) is 6.67 Å². The van der Waals surface area contributed by atoms with E-state index in [-0.39, 0.29) is 0 Å². The lowest BCUT2D eigenvalue weighted by atomic mass is 10.7. The van der Waals surface area contributed by atoms with Gasteiger partial charge in [-0.25, -0.2) is 8.42 Å². The quantitative estimate of drug-likeness (QED) is 0.631. The van der Waals surface area contributed by atoms with Gasteiger partial charge in [0.25, 0.3) is 0 Å². The molecule has 1 amide bonds. The van der Waals surface area contributed by atoms with Crippen LogP contribution in [0.25, 0.3) is 0 Å². The van der Waals surface area contributed by atoms with Gasteiger partial charge >= 0.3 is 15.5 Å². The first-order valence-electron chi connectivity index (χ1n) is 2.97. The van der Waals surface area contributed by atoms with Gasteiger partial charge in [-0.3, -0.25) is 4.79 Å². The molecular formula is C4H7F3N2O3S. The van der Waals surface area contributed by atoms with Gasteiger partial charge in [-0.05, 0) is 0 Å². The van der Waals surface area contributed by atoms with Crippen molar-refractivity contribution in [3.05, 3.63) is 0 Å². The van der Waals surface area contributed by atoms with Crippen LogP contribution in [0.15, 0.2) is 0 Å². The molecule has 0 aliphatic carbocycles. The van der Waals surface area contributed by atoms with Crippen molar-refractivity contribution in [2.45, 2.75) is 12.4 Å². The highest BCUT2D eigenvalue weighted by Gasteiger charge is 2.45. The minimum Gasteiger partial charge on any atom is -0.343 e. The molecule has 0 spiro atoms. The van der Waals surface area contributed by atoms with Gasteiger partial charge < -0.3 is 5.32 Å². The number of hydrogen-bond acceptors (Lipinski definition) is 3. The van der Waals surface area contributed by atoms with Gasteiger partial charge in [0.1, 0.15) is 0 Å². The highest BCUT2D eigenvalue weighted by molar-refractivity contribution is 7.90. The fraction of sp³-hybridized carbons (Fsp3) is 0.750. The average Bonchev–Trinajstić information content (AvgIpc) is 1.82. The number of sulfonamides is 1. The minimum absolute atomic E-state index is 0.634. The lowest BCUT2D eigenvalue weighted by Gasteiger charge is -2.08. The van der Waals surface area contributed by atoms with E-state index in [1.165, 1.54) is 0 Å². The van der Waals surface area contributed by atoms with Crippen LogP contribution in [0.3, 0.4) is 0 Å². The first kappa shape index (κ1) is 12.2. The molecule has 0 fully saturated rings. The number of hydrogen-bond donors (Lipinski definition) is 2. The Kier molecular flexibility index (Phi) is 3.67. The topological polar surface area (TPSA) is 75.3 Å². The van der Waals surface area contributed by atoms with Crippen LogP contribution >= 0.6 is 0 Å². The van der Waals surface area contributed by atoms with Gasteiger partial charge in [0, 0.05) is 6.92 Å². The highest BCUT2D eigenvalue weighted by atomic mass is 32.2. The fourth-order valence-electron chi connectivity index (χ4n) is 0.337. The summed E-state index contributed by atoms with van der Waals surface area (Å²) < 4.78 is 56.4. The molecule has 0 bridgehead atoms. The fourth-order valence-corrected chi connectivity index (χ4v) is 0.763. The van der Waals surface area contributed by atoms with E-state index in [1.54, 1.807) is 0 Å².